The Morgan fingerprint density at radius 2 is 1.67 bits per heavy atom. The average Bonchev–Trinajstić information content (AvgIpc) is 3.31. The number of anilines is 1. The van der Waals surface area contributed by atoms with Gasteiger partial charge in [-0.2, -0.15) is 0 Å². The van der Waals surface area contributed by atoms with Gasteiger partial charge in [-0.1, -0.05) is 53.5 Å². The third kappa shape index (κ3) is 4.11. The monoisotopic (exact) mass is 341 g/mol. The van der Waals surface area contributed by atoms with Crippen molar-refractivity contribution >= 4 is 19.7 Å². The molecule has 0 heterocycles. The van der Waals surface area contributed by atoms with Crippen molar-refractivity contribution in [2.45, 2.75) is 71.0 Å². The lowest BCUT2D eigenvalue weighted by atomic mass is 10.2. The number of hydrogen-bond acceptors (Lipinski definition) is 1. The summed E-state index contributed by atoms with van der Waals surface area (Å²) in [5.41, 5.74) is 7.49. The summed E-state index contributed by atoms with van der Waals surface area (Å²) in [6, 6.07) is 7.98. The molecule has 1 N–H and O–H groups in total. The molecule has 130 valence electrons. The van der Waals surface area contributed by atoms with Crippen molar-refractivity contribution in [2.75, 3.05) is 5.32 Å². The van der Waals surface area contributed by atoms with Crippen LogP contribution in [0.3, 0.4) is 0 Å². The zero-order valence-corrected chi connectivity index (χ0v) is 16.9. The van der Waals surface area contributed by atoms with Crippen LogP contribution in [0.4, 0.5) is 5.69 Å². The molecular formula is C21H31NOSi. The summed E-state index contributed by atoms with van der Waals surface area (Å²) in [6.07, 6.45) is 2.05. The SMILES string of the molecule is CC(C)[Si](C#Cc1cccc(NC(=O)C2CC2)c1)(C(C)C)C(C)C. The van der Waals surface area contributed by atoms with Crippen LogP contribution in [0.1, 0.15) is 59.9 Å². The molecular weight excluding hydrogens is 310 g/mol. The van der Waals surface area contributed by atoms with Gasteiger partial charge < -0.3 is 5.32 Å². The van der Waals surface area contributed by atoms with E-state index in [0.29, 0.717) is 16.6 Å². The van der Waals surface area contributed by atoms with Crippen molar-refractivity contribution in [3.8, 4) is 11.5 Å². The highest BCUT2D eigenvalue weighted by Gasteiger charge is 2.41. The van der Waals surface area contributed by atoms with Crippen LogP contribution < -0.4 is 5.32 Å². The van der Waals surface area contributed by atoms with Gasteiger partial charge in [0.1, 0.15) is 8.07 Å². The molecule has 0 spiro atoms. The minimum absolute atomic E-state index is 0.148. The van der Waals surface area contributed by atoms with E-state index in [1.165, 1.54) is 0 Å². The van der Waals surface area contributed by atoms with E-state index in [-0.39, 0.29) is 11.8 Å². The highest BCUT2D eigenvalue weighted by Crippen LogP contribution is 2.40. The van der Waals surface area contributed by atoms with Crippen molar-refractivity contribution < 1.29 is 4.79 Å². The molecule has 1 fully saturated rings. The minimum atomic E-state index is -1.72. The third-order valence-corrected chi connectivity index (χ3v) is 11.7. The van der Waals surface area contributed by atoms with Crippen LogP contribution in [0.5, 0.6) is 0 Å². The Morgan fingerprint density at radius 3 is 2.17 bits per heavy atom. The fraction of sp³-hybridized carbons (Fsp3) is 0.571. The first-order valence-electron chi connectivity index (χ1n) is 9.21. The van der Waals surface area contributed by atoms with Gasteiger partial charge in [0, 0.05) is 17.2 Å². The van der Waals surface area contributed by atoms with Gasteiger partial charge in [0.2, 0.25) is 5.91 Å². The molecule has 0 radical (unpaired) electrons. The van der Waals surface area contributed by atoms with Crippen LogP contribution in [-0.2, 0) is 4.79 Å². The topological polar surface area (TPSA) is 29.1 Å². The van der Waals surface area contributed by atoms with E-state index >= 15 is 0 Å². The van der Waals surface area contributed by atoms with Gasteiger partial charge in [0.05, 0.1) is 0 Å². The van der Waals surface area contributed by atoms with Crippen LogP contribution in [0.15, 0.2) is 24.3 Å². The van der Waals surface area contributed by atoms with E-state index < -0.39 is 8.07 Å². The Bertz CT molecular complexity index is 626. The number of carbonyl (C=O) groups is 1. The van der Waals surface area contributed by atoms with Gasteiger partial charge in [0.25, 0.3) is 0 Å². The third-order valence-electron chi connectivity index (χ3n) is 5.37. The lowest BCUT2D eigenvalue weighted by Crippen LogP contribution is -2.43. The summed E-state index contributed by atoms with van der Waals surface area (Å²) in [7, 11) is -1.72. The molecule has 1 aromatic carbocycles. The van der Waals surface area contributed by atoms with Crippen molar-refractivity contribution in [2.24, 2.45) is 5.92 Å². The van der Waals surface area contributed by atoms with Crippen LogP contribution in [0.25, 0.3) is 0 Å². The average molecular weight is 342 g/mol. The fourth-order valence-electron chi connectivity index (χ4n) is 3.88. The first-order valence-corrected chi connectivity index (χ1v) is 11.4. The summed E-state index contributed by atoms with van der Waals surface area (Å²) in [5, 5.41) is 3.01. The molecule has 1 saturated carbocycles. The Hall–Kier alpha value is -1.53. The predicted octanol–water partition coefficient (Wildman–Crippen LogP) is 5.60. The first kappa shape index (κ1) is 18.8. The summed E-state index contributed by atoms with van der Waals surface area (Å²) in [6.45, 7) is 14.0. The summed E-state index contributed by atoms with van der Waals surface area (Å²) in [4.78, 5) is 11.9. The van der Waals surface area contributed by atoms with E-state index in [9.17, 15) is 4.79 Å². The smallest absolute Gasteiger partial charge is 0.227 e. The number of hydrogen-bond donors (Lipinski definition) is 1. The predicted molar refractivity (Wildman–Crippen MR) is 106 cm³/mol. The van der Waals surface area contributed by atoms with Crippen molar-refractivity contribution in [3.63, 3.8) is 0 Å². The molecule has 0 saturated heterocycles. The van der Waals surface area contributed by atoms with Crippen LogP contribution in [0, 0.1) is 17.4 Å². The van der Waals surface area contributed by atoms with Crippen LogP contribution in [0.2, 0.25) is 16.6 Å². The second kappa shape index (κ2) is 7.57. The van der Waals surface area contributed by atoms with Crippen molar-refractivity contribution in [1.82, 2.24) is 0 Å². The standard InChI is InChI=1S/C21H31NOSi/c1-15(2)24(16(3)4,17(5)6)13-12-18-8-7-9-20(14-18)22-21(23)19-10-11-19/h7-9,14-17,19H,10-11H2,1-6H3,(H,22,23). The van der Waals surface area contributed by atoms with E-state index in [1.54, 1.807) is 0 Å². The minimum Gasteiger partial charge on any atom is -0.326 e. The zero-order chi connectivity index (χ0) is 17.9. The lowest BCUT2D eigenvalue weighted by Gasteiger charge is -2.38. The Labute approximate surface area is 148 Å². The molecule has 2 nitrogen and oxygen atoms in total. The zero-order valence-electron chi connectivity index (χ0n) is 15.9. The van der Waals surface area contributed by atoms with Crippen molar-refractivity contribution in [1.29, 1.82) is 0 Å². The molecule has 1 amide bonds. The quantitative estimate of drug-likeness (QED) is 0.548. The Kier molecular flexibility index (Phi) is 5.93. The van der Waals surface area contributed by atoms with Gasteiger partial charge in [0.15, 0.2) is 0 Å². The maximum absolute atomic E-state index is 11.9. The van der Waals surface area contributed by atoms with Gasteiger partial charge >= 0.3 is 0 Å². The lowest BCUT2D eigenvalue weighted by molar-refractivity contribution is -0.117. The largest absolute Gasteiger partial charge is 0.326 e. The summed E-state index contributed by atoms with van der Waals surface area (Å²) < 4.78 is 0. The molecule has 1 aliphatic carbocycles. The molecule has 0 bridgehead atoms. The maximum Gasteiger partial charge on any atom is 0.227 e. The molecule has 0 aromatic heterocycles. The summed E-state index contributed by atoms with van der Waals surface area (Å²) in [5.74, 6) is 3.82. The molecule has 0 atom stereocenters. The number of benzene rings is 1. The molecule has 2 rings (SSSR count). The van der Waals surface area contributed by atoms with E-state index in [1.807, 2.05) is 24.3 Å². The van der Waals surface area contributed by atoms with Crippen molar-refractivity contribution in [3.05, 3.63) is 29.8 Å². The number of rotatable bonds is 5. The van der Waals surface area contributed by atoms with E-state index in [4.69, 9.17) is 0 Å². The highest BCUT2D eigenvalue weighted by molar-refractivity contribution is 6.90. The molecule has 1 aromatic rings. The Balaban J connectivity index is 2.26. The van der Waals surface area contributed by atoms with Crippen LogP contribution in [-0.4, -0.2) is 14.0 Å². The van der Waals surface area contributed by atoms with E-state index in [0.717, 1.165) is 24.1 Å². The summed E-state index contributed by atoms with van der Waals surface area (Å²) >= 11 is 0. The fourth-order valence-corrected chi connectivity index (χ4v) is 9.10. The second-order valence-electron chi connectivity index (χ2n) is 7.99. The Morgan fingerprint density at radius 1 is 1.08 bits per heavy atom. The second-order valence-corrected chi connectivity index (χ2v) is 13.6. The van der Waals surface area contributed by atoms with Gasteiger partial charge in [-0.05, 0) is 47.7 Å². The first-order chi connectivity index (χ1) is 11.3. The highest BCUT2D eigenvalue weighted by atomic mass is 28.3. The molecule has 0 unspecified atom stereocenters. The molecule has 24 heavy (non-hydrogen) atoms. The maximum atomic E-state index is 11.9. The number of carbonyl (C=O) groups excluding carboxylic acids is 1. The number of nitrogens with one attached hydrogen (secondary N) is 1. The molecule has 0 aliphatic heterocycles. The van der Waals surface area contributed by atoms with Gasteiger partial charge in [-0.25, -0.2) is 0 Å². The normalized spacial score (nSPS) is 14.7. The molecule has 3 heteroatoms. The van der Waals surface area contributed by atoms with E-state index in [2.05, 4.69) is 58.3 Å². The van der Waals surface area contributed by atoms with Gasteiger partial charge in [-0.3, -0.25) is 4.79 Å². The molecule has 1 aliphatic rings. The number of amides is 1. The van der Waals surface area contributed by atoms with Crippen LogP contribution >= 0.6 is 0 Å². The van der Waals surface area contributed by atoms with Gasteiger partial charge in [-0.15, -0.1) is 5.54 Å².